The average molecular weight is 441 g/mol. The quantitative estimate of drug-likeness (QED) is 0.554. The number of rotatable bonds is 8. The van der Waals surface area contributed by atoms with Gasteiger partial charge in [-0.2, -0.15) is 0 Å². The number of furan rings is 1. The third kappa shape index (κ3) is 9.58. The van der Waals surface area contributed by atoms with Crippen molar-refractivity contribution in [3.8, 4) is 0 Å². The predicted octanol–water partition coefficient (Wildman–Crippen LogP) is 5.91. The summed E-state index contributed by atoms with van der Waals surface area (Å²) < 4.78 is 5.49. The van der Waals surface area contributed by atoms with Crippen LogP contribution in [0.4, 0.5) is 5.69 Å². The van der Waals surface area contributed by atoms with Gasteiger partial charge in [0, 0.05) is 25.2 Å². The van der Waals surface area contributed by atoms with E-state index in [0.717, 1.165) is 50.0 Å². The SMILES string of the molecule is CCCCN(C)Cc1ccc(C)o1.Cc1ccc(NC2=NCC(CN(C)C)CC2)c(C)c1. The van der Waals surface area contributed by atoms with Gasteiger partial charge in [-0.05, 0) is 91.0 Å². The summed E-state index contributed by atoms with van der Waals surface area (Å²) in [5.74, 6) is 3.91. The van der Waals surface area contributed by atoms with E-state index in [-0.39, 0.29) is 0 Å². The Labute approximate surface area is 195 Å². The monoisotopic (exact) mass is 440 g/mol. The smallest absolute Gasteiger partial charge is 0.118 e. The molecule has 5 heteroatoms. The topological polar surface area (TPSA) is 44.0 Å². The summed E-state index contributed by atoms with van der Waals surface area (Å²) in [6, 6.07) is 10.6. The predicted molar refractivity (Wildman–Crippen MR) is 138 cm³/mol. The molecule has 2 heterocycles. The van der Waals surface area contributed by atoms with Gasteiger partial charge in [0.2, 0.25) is 0 Å². The van der Waals surface area contributed by atoms with Crippen molar-refractivity contribution in [3.05, 3.63) is 53.0 Å². The molecule has 1 aromatic carbocycles. The molecule has 1 aromatic heterocycles. The van der Waals surface area contributed by atoms with Crippen LogP contribution in [-0.4, -0.2) is 56.4 Å². The maximum Gasteiger partial charge on any atom is 0.118 e. The molecule has 2 aromatic rings. The van der Waals surface area contributed by atoms with Gasteiger partial charge >= 0.3 is 0 Å². The molecule has 1 aliphatic heterocycles. The van der Waals surface area contributed by atoms with Crippen LogP contribution in [0.1, 0.15) is 55.3 Å². The largest absolute Gasteiger partial charge is 0.465 e. The molecular weight excluding hydrogens is 396 g/mol. The molecule has 0 fully saturated rings. The van der Waals surface area contributed by atoms with Gasteiger partial charge in [-0.25, -0.2) is 0 Å². The minimum atomic E-state index is 0.708. The van der Waals surface area contributed by atoms with Crippen LogP contribution in [0, 0.1) is 26.7 Å². The number of amidine groups is 1. The fraction of sp³-hybridized carbons (Fsp3) is 0.593. The first-order chi connectivity index (χ1) is 15.3. The van der Waals surface area contributed by atoms with Crippen molar-refractivity contribution < 1.29 is 4.42 Å². The highest BCUT2D eigenvalue weighted by Gasteiger charge is 2.16. The van der Waals surface area contributed by atoms with Crippen LogP contribution < -0.4 is 5.32 Å². The van der Waals surface area contributed by atoms with Crippen LogP contribution in [-0.2, 0) is 6.54 Å². The fourth-order valence-electron chi connectivity index (χ4n) is 3.97. The second-order valence-corrected chi connectivity index (χ2v) is 9.50. The third-order valence-electron chi connectivity index (χ3n) is 5.73. The summed E-state index contributed by atoms with van der Waals surface area (Å²) in [6.07, 6.45) is 4.80. The van der Waals surface area contributed by atoms with Crippen LogP contribution in [0.3, 0.4) is 0 Å². The Balaban J connectivity index is 0.000000244. The molecule has 0 radical (unpaired) electrons. The standard InChI is InChI=1S/C16H25N3.C11H19NO/c1-12-5-7-15(13(2)9-12)18-16-8-6-14(10-17-16)11-19(3)4;1-4-5-8-12(3)9-11-7-6-10(2)13-11/h5,7,9,14H,6,8,10-11H2,1-4H3,(H,17,18);6-7H,4-5,8-9H2,1-3H3. The molecule has 3 rings (SSSR count). The van der Waals surface area contributed by atoms with Crippen molar-refractivity contribution in [3.63, 3.8) is 0 Å². The second-order valence-electron chi connectivity index (χ2n) is 9.50. The molecule has 5 nitrogen and oxygen atoms in total. The number of benzene rings is 1. The third-order valence-corrected chi connectivity index (χ3v) is 5.73. The Kier molecular flexibility index (Phi) is 11.0. The lowest BCUT2D eigenvalue weighted by Gasteiger charge is -2.24. The van der Waals surface area contributed by atoms with E-state index >= 15 is 0 Å². The number of hydrogen-bond donors (Lipinski definition) is 1. The molecule has 0 spiro atoms. The van der Waals surface area contributed by atoms with Crippen molar-refractivity contribution in [2.45, 2.75) is 59.9 Å². The van der Waals surface area contributed by atoms with Gasteiger partial charge in [0.25, 0.3) is 0 Å². The summed E-state index contributed by atoms with van der Waals surface area (Å²) in [5, 5.41) is 3.49. The zero-order valence-electron chi connectivity index (χ0n) is 21.4. The van der Waals surface area contributed by atoms with Crippen LogP contribution >= 0.6 is 0 Å². The van der Waals surface area contributed by atoms with Crippen molar-refractivity contribution in [1.29, 1.82) is 0 Å². The summed E-state index contributed by atoms with van der Waals surface area (Å²) in [5.41, 5.74) is 3.79. The molecular formula is C27H44N4O. The maximum absolute atomic E-state index is 5.49. The molecule has 0 amide bonds. The lowest BCUT2D eigenvalue weighted by molar-refractivity contribution is 0.288. The van der Waals surface area contributed by atoms with Gasteiger partial charge in [0.05, 0.1) is 6.54 Å². The van der Waals surface area contributed by atoms with Gasteiger partial charge < -0.3 is 14.6 Å². The van der Waals surface area contributed by atoms with Crippen molar-refractivity contribution in [2.24, 2.45) is 10.9 Å². The molecule has 0 bridgehead atoms. The van der Waals surface area contributed by atoms with E-state index in [1.807, 2.05) is 13.0 Å². The van der Waals surface area contributed by atoms with Gasteiger partial charge in [0.1, 0.15) is 17.4 Å². The molecule has 0 aliphatic carbocycles. The summed E-state index contributed by atoms with van der Waals surface area (Å²) in [6.45, 7) is 12.6. The van der Waals surface area contributed by atoms with Gasteiger partial charge in [-0.3, -0.25) is 9.89 Å². The first-order valence-electron chi connectivity index (χ1n) is 12.0. The van der Waals surface area contributed by atoms with Crippen molar-refractivity contribution in [1.82, 2.24) is 9.80 Å². The number of unbranched alkanes of at least 4 members (excludes halogenated alkanes) is 1. The van der Waals surface area contributed by atoms with E-state index < -0.39 is 0 Å². The number of anilines is 1. The number of aryl methyl sites for hydroxylation is 3. The molecule has 1 unspecified atom stereocenters. The van der Waals surface area contributed by atoms with Crippen LogP contribution in [0.15, 0.2) is 39.7 Å². The molecule has 0 saturated carbocycles. The summed E-state index contributed by atoms with van der Waals surface area (Å²) in [7, 11) is 6.40. The normalized spacial score (nSPS) is 16.0. The minimum Gasteiger partial charge on any atom is -0.465 e. The molecule has 1 atom stereocenters. The van der Waals surface area contributed by atoms with Crippen molar-refractivity contribution in [2.75, 3.05) is 46.1 Å². The molecule has 1 aliphatic rings. The highest BCUT2D eigenvalue weighted by atomic mass is 16.3. The molecule has 0 saturated heterocycles. The number of aliphatic imine (C=N–C) groups is 1. The van der Waals surface area contributed by atoms with E-state index in [9.17, 15) is 0 Å². The van der Waals surface area contributed by atoms with Gasteiger partial charge in [-0.15, -0.1) is 0 Å². The molecule has 178 valence electrons. The molecule has 32 heavy (non-hydrogen) atoms. The van der Waals surface area contributed by atoms with Gasteiger partial charge in [-0.1, -0.05) is 31.0 Å². The highest BCUT2D eigenvalue weighted by molar-refractivity contribution is 5.96. The Morgan fingerprint density at radius 1 is 1.09 bits per heavy atom. The second kappa shape index (κ2) is 13.4. The van der Waals surface area contributed by atoms with Crippen molar-refractivity contribution >= 4 is 11.5 Å². The Hall–Kier alpha value is -2.11. The van der Waals surface area contributed by atoms with Crippen LogP contribution in [0.25, 0.3) is 0 Å². The molecule has 1 N–H and O–H groups in total. The average Bonchev–Trinajstić information content (AvgIpc) is 3.14. The maximum atomic E-state index is 5.49. The van der Waals surface area contributed by atoms with E-state index in [1.54, 1.807) is 0 Å². The van der Waals surface area contributed by atoms with Crippen LogP contribution in [0.2, 0.25) is 0 Å². The van der Waals surface area contributed by atoms with E-state index in [2.05, 4.69) is 81.3 Å². The number of hydrogen-bond acceptors (Lipinski definition) is 5. The zero-order valence-corrected chi connectivity index (χ0v) is 21.4. The summed E-state index contributed by atoms with van der Waals surface area (Å²) in [4.78, 5) is 9.25. The minimum absolute atomic E-state index is 0.708. The Morgan fingerprint density at radius 2 is 1.88 bits per heavy atom. The zero-order chi connectivity index (χ0) is 23.5. The van der Waals surface area contributed by atoms with E-state index in [4.69, 9.17) is 9.41 Å². The van der Waals surface area contributed by atoms with Gasteiger partial charge in [0.15, 0.2) is 0 Å². The number of nitrogens with one attached hydrogen (secondary N) is 1. The number of nitrogens with zero attached hydrogens (tertiary/aromatic N) is 3. The lowest BCUT2D eigenvalue weighted by Crippen LogP contribution is -2.29. The fourth-order valence-corrected chi connectivity index (χ4v) is 3.97. The highest BCUT2D eigenvalue weighted by Crippen LogP contribution is 2.20. The van der Waals surface area contributed by atoms with E-state index in [0.29, 0.717) is 5.92 Å². The Bertz CT molecular complexity index is 840. The van der Waals surface area contributed by atoms with E-state index in [1.165, 1.54) is 36.1 Å². The summed E-state index contributed by atoms with van der Waals surface area (Å²) >= 11 is 0. The van der Waals surface area contributed by atoms with Crippen LogP contribution in [0.5, 0.6) is 0 Å². The lowest BCUT2D eigenvalue weighted by atomic mass is 9.99. The Morgan fingerprint density at radius 3 is 2.44 bits per heavy atom. The first-order valence-corrected chi connectivity index (χ1v) is 12.0. The first kappa shape index (κ1) is 26.1.